The van der Waals surface area contributed by atoms with Crippen molar-refractivity contribution in [1.82, 2.24) is 0 Å². The van der Waals surface area contributed by atoms with Crippen LogP contribution in [-0.2, 0) is 0 Å². The molecule has 4 heteroatoms. The number of thioether (sulfide) groups is 1. The minimum atomic E-state index is -2.35. The molecule has 1 atom stereocenters. The fourth-order valence-corrected chi connectivity index (χ4v) is 2.10. The van der Waals surface area contributed by atoms with Gasteiger partial charge in [-0.1, -0.05) is 31.5 Å². The molecule has 0 bridgehead atoms. The molecule has 1 rings (SSSR count). The maximum atomic E-state index is 12.1. The molecule has 17 heavy (non-hydrogen) atoms. The number of benzene rings is 1. The zero-order chi connectivity index (χ0) is 12.7. The number of hydrogen-bond donors (Lipinski definition) is 1. The van der Waals surface area contributed by atoms with Crippen molar-refractivity contribution in [1.29, 1.82) is 0 Å². The summed E-state index contributed by atoms with van der Waals surface area (Å²) in [5, 5.41) is 3.36. The second kappa shape index (κ2) is 7.54. The summed E-state index contributed by atoms with van der Waals surface area (Å²) in [6.07, 6.45) is 3.52. The van der Waals surface area contributed by atoms with Crippen LogP contribution >= 0.6 is 11.8 Å². The topological polar surface area (TPSA) is 12.0 Å². The Labute approximate surface area is 106 Å². The first-order valence-electron chi connectivity index (χ1n) is 5.93. The van der Waals surface area contributed by atoms with Crippen LogP contribution in [0.15, 0.2) is 29.2 Å². The molecular formula is C13H19F2NS. The normalized spacial score (nSPS) is 12.8. The smallest absolute Gasteiger partial charge is 0.288 e. The molecular weight excluding hydrogens is 240 g/mol. The number of rotatable bonds is 7. The zero-order valence-electron chi connectivity index (χ0n) is 10.2. The Morgan fingerprint density at radius 3 is 2.41 bits per heavy atom. The lowest BCUT2D eigenvalue weighted by atomic mass is 10.1. The van der Waals surface area contributed by atoms with Crippen LogP contribution in [0, 0.1) is 0 Å². The molecule has 1 nitrogen and oxygen atoms in total. The van der Waals surface area contributed by atoms with E-state index in [1.54, 1.807) is 12.1 Å². The molecule has 1 aromatic rings. The highest BCUT2D eigenvalue weighted by Crippen LogP contribution is 2.26. The van der Waals surface area contributed by atoms with Gasteiger partial charge in [0.2, 0.25) is 0 Å². The maximum absolute atomic E-state index is 12.1. The zero-order valence-corrected chi connectivity index (χ0v) is 11.1. The fraction of sp³-hybridized carbons (Fsp3) is 0.538. The monoisotopic (exact) mass is 259 g/mol. The third-order valence-corrected chi connectivity index (χ3v) is 3.21. The molecule has 0 saturated carbocycles. The van der Waals surface area contributed by atoms with E-state index in [1.165, 1.54) is 12.8 Å². The number of unbranched alkanes of at least 4 members (excludes halogenated alkanes) is 1. The Balaban J connectivity index is 2.44. The van der Waals surface area contributed by atoms with Gasteiger partial charge in [-0.15, -0.1) is 0 Å². The Kier molecular flexibility index (Phi) is 6.34. The van der Waals surface area contributed by atoms with Crippen LogP contribution in [0.3, 0.4) is 0 Å². The van der Waals surface area contributed by atoms with Crippen molar-refractivity contribution in [2.45, 2.75) is 49.8 Å². The third kappa shape index (κ3) is 5.91. The highest BCUT2D eigenvalue weighted by molar-refractivity contribution is 7.99. The molecule has 1 aromatic carbocycles. The van der Waals surface area contributed by atoms with E-state index in [0.717, 1.165) is 12.1 Å². The van der Waals surface area contributed by atoms with E-state index in [0.29, 0.717) is 22.7 Å². The second-order valence-corrected chi connectivity index (χ2v) is 5.15. The molecule has 0 radical (unpaired) electrons. The van der Waals surface area contributed by atoms with Crippen molar-refractivity contribution in [2.75, 3.05) is 5.32 Å². The SMILES string of the molecule is CCCCC(C)Nc1ccc(SC(F)F)cc1. The summed E-state index contributed by atoms with van der Waals surface area (Å²) in [5.74, 6) is -2.35. The number of hydrogen-bond acceptors (Lipinski definition) is 2. The second-order valence-electron chi connectivity index (χ2n) is 4.09. The molecule has 1 unspecified atom stereocenters. The largest absolute Gasteiger partial charge is 0.383 e. The fourth-order valence-electron chi connectivity index (χ4n) is 1.60. The van der Waals surface area contributed by atoms with Crippen molar-refractivity contribution in [3.8, 4) is 0 Å². The van der Waals surface area contributed by atoms with E-state index < -0.39 is 5.76 Å². The van der Waals surface area contributed by atoms with Crippen molar-refractivity contribution in [3.63, 3.8) is 0 Å². The molecule has 0 aliphatic rings. The molecule has 0 spiro atoms. The summed E-state index contributed by atoms with van der Waals surface area (Å²) < 4.78 is 24.2. The maximum Gasteiger partial charge on any atom is 0.288 e. The third-order valence-electron chi connectivity index (χ3n) is 2.48. The van der Waals surface area contributed by atoms with E-state index in [4.69, 9.17) is 0 Å². The van der Waals surface area contributed by atoms with Crippen LogP contribution in [0.5, 0.6) is 0 Å². The van der Waals surface area contributed by atoms with Gasteiger partial charge >= 0.3 is 0 Å². The van der Waals surface area contributed by atoms with Gasteiger partial charge < -0.3 is 5.32 Å². The minimum Gasteiger partial charge on any atom is -0.383 e. The number of anilines is 1. The summed E-state index contributed by atoms with van der Waals surface area (Å²) in [6.45, 7) is 4.31. The van der Waals surface area contributed by atoms with Crippen molar-refractivity contribution >= 4 is 17.4 Å². The lowest BCUT2D eigenvalue weighted by molar-refractivity contribution is 0.252. The molecule has 0 aliphatic carbocycles. The first kappa shape index (κ1) is 14.3. The summed E-state index contributed by atoms with van der Waals surface area (Å²) in [6, 6.07) is 7.58. The number of nitrogens with one attached hydrogen (secondary N) is 1. The average Bonchev–Trinajstić information content (AvgIpc) is 2.28. The predicted molar refractivity (Wildman–Crippen MR) is 70.9 cm³/mol. The van der Waals surface area contributed by atoms with Gasteiger partial charge in [0.05, 0.1) is 0 Å². The Hall–Kier alpha value is -0.770. The summed E-state index contributed by atoms with van der Waals surface area (Å²) in [5.41, 5.74) is 0.993. The van der Waals surface area contributed by atoms with Gasteiger partial charge in [-0.25, -0.2) is 0 Å². The summed E-state index contributed by atoms with van der Waals surface area (Å²) in [7, 11) is 0. The van der Waals surface area contributed by atoms with Crippen LogP contribution in [0.2, 0.25) is 0 Å². The van der Waals surface area contributed by atoms with Crippen molar-refractivity contribution < 1.29 is 8.78 Å². The summed E-state index contributed by atoms with van der Waals surface area (Å²) in [4.78, 5) is 0.603. The number of alkyl halides is 2. The van der Waals surface area contributed by atoms with Gasteiger partial charge in [0.1, 0.15) is 0 Å². The first-order valence-corrected chi connectivity index (χ1v) is 6.81. The molecule has 0 fully saturated rings. The predicted octanol–water partition coefficient (Wildman–Crippen LogP) is 4.99. The van der Waals surface area contributed by atoms with Crippen LogP contribution in [0.25, 0.3) is 0 Å². The first-order chi connectivity index (χ1) is 8.11. The van der Waals surface area contributed by atoms with Crippen LogP contribution in [-0.4, -0.2) is 11.8 Å². The van der Waals surface area contributed by atoms with Gasteiger partial charge in [-0.3, -0.25) is 0 Å². The van der Waals surface area contributed by atoms with Gasteiger partial charge in [-0.05, 0) is 37.6 Å². The van der Waals surface area contributed by atoms with Crippen LogP contribution < -0.4 is 5.32 Å². The molecule has 96 valence electrons. The Morgan fingerprint density at radius 2 is 1.88 bits per heavy atom. The lowest BCUT2D eigenvalue weighted by Crippen LogP contribution is -2.14. The van der Waals surface area contributed by atoms with Crippen molar-refractivity contribution in [2.24, 2.45) is 0 Å². The van der Waals surface area contributed by atoms with Crippen LogP contribution in [0.4, 0.5) is 14.5 Å². The Bertz CT molecular complexity index is 314. The summed E-state index contributed by atoms with van der Waals surface area (Å²) >= 11 is 0.579. The molecule has 0 amide bonds. The molecule has 0 heterocycles. The lowest BCUT2D eigenvalue weighted by Gasteiger charge is -2.15. The van der Waals surface area contributed by atoms with E-state index >= 15 is 0 Å². The molecule has 0 aromatic heterocycles. The van der Waals surface area contributed by atoms with Crippen LogP contribution in [0.1, 0.15) is 33.1 Å². The van der Waals surface area contributed by atoms with E-state index in [1.807, 2.05) is 12.1 Å². The van der Waals surface area contributed by atoms with Gasteiger partial charge in [0.25, 0.3) is 5.76 Å². The number of halogens is 2. The Morgan fingerprint density at radius 1 is 1.24 bits per heavy atom. The molecule has 0 saturated heterocycles. The van der Waals surface area contributed by atoms with E-state index in [2.05, 4.69) is 19.2 Å². The highest BCUT2D eigenvalue weighted by atomic mass is 32.2. The van der Waals surface area contributed by atoms with Gasteiger partial charge in [0.15, 0.2) is 0 Å². The molecule has 0 aliphatic heterocycles. The van der Waals surface area contributed by atoms with E-state index in [-0.39, 0.29) is 0 Å². The minimum absolute atomic E-state index is 0.420. The molecule has 1 N–H and O–H groups in total. The van der Waals surface area contributed by atoms with E-state index in [9.17, 15) is 8.78 Å². The van der Waals surface area contributed by atoms with Gasteiger partial charge in [-0.2, -0.15) is 8.78 Å². The van der Waals surface area contributed by atoms with Gasteiger partial charge in [0, 0.05) is 16.6 Å². The average molecular weight is 259 g/mol. The standard InChI is InChI=1S/C13H19F2NS/c1-3-4-5-10(2)16-11-6-8-12(9-7-11)17-13(14)15/h6-10,13,16H,3-5H2,1-2H3. The highest BCUT2D eigenvalue weighted by Gasteiger charge is 2.05. The quantitative estimate of drug-likeness (QED) is 0.692. The van der Waals surface area contributed by atoms with Crippen molar-refractivity contribution in [3.05, 3.63) is 24.3 Å².